The maximum atomic E-state index is 6.54. The highest BCUT2D eigenvalue weighted by molar-refractivity contribution is 5.89. The molecular formula is C50H38N6O. The Morgan fingerprint density at radius 2 is 0.842 bits per heavy atom. The van der Waals surface area contributed by atoms with Crippen molar-refractivity contribution >= 4 is 51.3 Å². The fraction of sp³-hybridized carbons (Fsp3) is 0. The van der Waals surface area contributed by atoms with Crippen LogP contribution in [0.15, 0.2) is 231 Å². The average molecular weight is 739 g/mol. The van der Waals surface area contributed by atoms with E-state index in [0.29, 0.717) is 5.75 Å². The predicted octanol–water partition coefficient (Wildman–Crippen LogP) is 13.5. The molecule has 0 bridgehead atoms. The maximum Gasteiger partial charge on any atom is 0.137 e. The normalized spacial score (nSPS) is 10.8. The smallest absolute Gasteiger partial charge is 0.137 e. The molecule has 0 saturated carbocycles. The van der Waals surface area contributed by atoms with Crippen LogP contribution in [0.5, 0.6) is 11.5 Å². The van der Waals surface area contributed by atoms with E-state index in [9.17, 15) is 0 Å². The summed E-state index contributed by atoms with van der Waals surface area (Å²) in [5, 5.41) is 0. The van der Waals surface area contributed by atoms with Crippen molar-refractivity contribution in [2.45, 2.75) is 0 Å². The molecule has 7 nitrogen and oxygen atoms in total. The van der Waals surface area contributed by atoms with Crippen LogP contribution in [0.4, 0.5) is 51.3 Å². The molecule has 0 unspecified atom stereocenters. The highest BCUT2D eigenvalue weighted by atomic mass is 16.5. The summed E-state index contributed by atoms with van der Waals surface area (Å²) >= 11 is 0. The highest BCUT2D eigenvalue weighted by Gasteiger charge is 2.23. The van der Waals surface area contributed by atoms with Crippen LogP contribution in [0.1, 0.15) is 0 Å². The Balaban J connectivity index is 1.24. The monoisotopic (exact) mass is 738 g/mol. The number of hydrogen-bond acceptors (Lipinski definition) is 6. The molecule has 2 aromatic heterocycles. The van der Waals surface area contributed by atoms with Crippen molar-refractivity contribution in [3.8, 4) is 17.2 Å². The number of pyridine rings is 1. The first-order valence-electron chi connectivity index (χ1n) is 18.8. The van der Waals surface area contributed by atoms with E-state index in [4.69, 9.17) is 9.72 Å². The molecule has 9 rings (SSSR count). The number of nitrogens with zero attached hydrogens (tertiary/aromatic N) is 6. The zero-order chi connectivity index (χ0) is 38.2. The number of anilines is 9. The lowest BCUT2D eigenvalue weighted by atomic mass is 10.1. The van der Waals surface area contributed by atoms with E-state index in [2.05, 4.69) is 147 Å². The highest BCUT2D eigenvalue weighted by Crippen LogP contribution is 2.46. The van der Waals surface area contributed by atoms with Crippen LogP contribution in [0.25, 0.3) is 5.69 Å². The van der Waals surface area contributed by atoms with Crippen molar-refractivity contribution in [2.75, 3.05) is 14.7 Å². The van der Waals surface area contributed by atoms with Gasteiger partial charge in [-0.05, 0) is 103 Å². The third-order valence-corrected chi connectivity index (χ3v) is 9.53. The molecule has 7 aromatic carbocycles. The summed E-state index contributed by atoms with van der Waals surface area (Å²) in [4.78, 5) is 15.9. The van der Waals surface area contributed by atoms with Gasteiger partial charge in [-0.2, -0.15) is 0 Å². The molecule has 0 aliphatic heterocycles. The summed E-state index contributed by atoms with van der Waals surface area (Å²) in [6.07, 6.45) is 7.29. The topological polar surface area (TPSA) is 49.7 Å². The van der Waals surface area contributed by atoms with Gasteiger partial charge < -0.3 is 19.1 Å². The number of ether oxygens (including phenoxy) is 1. The number of rotatable bonds is 12. The van der Waals surface area contributed by atoms with Crippen LogP contribution < -0.4 is 19.4 Å². The van der Waals surface area contributed by atoms with Crippen LogP contribution >= 0.6 is 0 Å². The third-order valence-electron chi connectivity index (χ3n) is 9.53. The summed E-state index contributed by atoms with van der Waals surface area (Å²) in [5.41, 5.74) is 8.86. The fourth-order valence-electron chi connectivity index (χ4n) is 7.01. The van der Waals surface area contributed by atoms with Gasteiger partial charge in [0.1, 0.15) is 17.3 Å². The van der Waals surface area contributed by atoms with E-state index in [-0.39, 0.29) is 0 Å². The lowest BCUT2D eigenvalue weighted by Gasteiger charge is -2.32. The van der Waals surface area contributed by atoms with Gasteiger partial charge >= 0.3 is 0 Å². The summed E-state index contributed by atoms with van der Waals surface area (Å²) in [6.45, 7) is 0. The van der Waals surface area contributed by atoms with Crippen LogP contribution in [-0.2, 0) is 0 Å². The minimum absolute atomic E-state index is 0.693. The van der Waals surface area contributed by atoms with Gasteiger partial charge in [0, 0.05) is 53.5 Å². The van der Waals surface area contributed by atoms with Gasteiger partial charge in [0.05, 0.1) is 34.8 Å². The van der Waals surface area contributed by atoms with E-state index >= 15 is 0 Å². The summed E-state index contributed by atoms with van der Waals surface area (Å²) in [7, 11) is 0. The molecule has 0 aliphatic carbocycles. The molecule has 7 heteroatoms. The summed E-state index contributed by atoms with van der Waals surface area (Å²) < 4.78 is 8.49. The van der Waals surface area contributed by atoms with Crippen molar-refractivity contribution in [2.24, 2.45) is 0 Å². The second-order valence-corrected chi connectivity index (χ2v) is 13.3. The molecule has 0 spiro atoms. The second-order valence-electron chi connectivity index (χ2n) is 13.3. The zero-order valence-corrected chi connectivity index (χ0v) is 31.0. The first-order chi connectivity index (χ1) is 28.3. The van der Waals surface area contributed by atoms with Gasteiger partial charge in [0.2, 0.25) is 0 Å². The predicted molar refractivity (Wildman–Crippen MR) is 232 cm³/mol. The third kappa shape index (κ3) is 7.72. The van der Waals surface area contributed by atoms with Gasteiger partial charge in [-0.15, -0.1) is 0 Å². The molecule has 0 fully saturated rings. The molecule has 57 heavy (non-hydrogen) atoms. The van der Waals surface area contributed by atoms with Gasteiger partial charge in [-0.1, -0.05) is 91.0 Å². The van der Waals surface area contributed by atoms with Gasteiger partial charge in [0.25, 0.3) is 0 Å². The number of benzene rings is 7. The largest absolute Gasteiger partial charge is 0.457 e. The molecule has 0 saturated heterocycles. The number of aromatic nitrogens is 3. The minimum Gasteiger partial charge on any atom is -0.457 e. The van der Waals surface area contributed by atoms with Crippen molar-refractivity contribution in [1.82, 2.24) is 14.5 Å². The Morgan fingerprint density at radius 3 is 1.33 bits per heavy atom. The Morgan fingerprint density at radius 1 is 0.368 bits per heavy atom. The lowest BCUT2D eigenvalue weighted by molar-refractivity contribution is 0.482. The van der Waals surface area contributed by atoms with E-state index in [0.717, 1.165) is 62.8 Å². The molecule has 0 radical (unpaired) electrons. The Hall–Kier alpha value is -7.90. The first-order valence-corrected chi connectivity index (χ1v) is 18.8. The van der Waals surface area contributed by atoms with E-state index in [1.807, 2.05) is 95.8 Å². The van der Waals surface area contributed by atoms with Gasteiger partial charge in [-0.3, -0.25) is 4.90 Å². The minimum atomic E-state index is 0.693. The van der Waals surface area contributed by atoms with Gasteiger partial charge in [-0.25, -0.2) is 9.97 Å². The average Bonchev–Trinajstić information content (AvgIpc) is 3.82. The molecule has 0 atom stereocenters. The Bertz CT molecular complexity index is 2480. The molecule has 2 heterocycles. The Labute approximate surface area is 332 Å². The van der Waals surface area contributed by atoms with Crippen molar-refractivity contribution < 1.29 is 4.74 Å². The molecular weight excluding hydrogens is 701 g/mol. The molecule has 0 N–H and O–H groups in total. The Kier molecular flexibility index (Phi) is 9.92. The van der Waals surface area contributed by atoms with Crippen molar-refractivity contribution in [3.05, 3.63) is 231 Å². The van der Waals surface area contributed by atoms with E-state index < -0.39 is 0 Å². The molecule has 9 aromatic rings. The number of imidazole rings is 1. The first kappa shape index (κ1) is 34.8. The zero-order valence-electron chi connectivity index (χ0n) is 31.0. The standard InChI is InChI=1S/C50H38N6O/c1-5-17-39(18-6-1)54(40-19-7-2-8-20-40)45-33-46(55(41-21-9-3-10-22-41)42-23-11-4-12-24-42)35-47(34-45)56(50-29-13-14-30-52-50)44-26-16-28-49(37-44)57-48-27-15-25-43(36-48)53-32-31-51-38-53/h1-38H. The van der Waals surface area contributed by atoms with Gasteiger partial charge in [0.15, 0.2) is 0 Å². The second kappa shape index (κ2) is 16.2. The molecule has 0 aliphatic rings. The summed E-state index contributed by atoms with van der Waals surface area (Å²) in [6, 6.07) is 70.8. The van der Waals surface area contributed by atoms with Crippen LogP contribution in [-0.4, -0.2) is 14.5 Å². The number of para-hydroxylation sites is 4. The quantitative estimate of drug-likeness (QED) is 0.124. The maximum absolute atomic E-state index is 6.54. The molecule has 0 amide bonds. The molecule has 274 valence electrons. The SMILES string of the molecule is c1ccc(N(c2ccccc2)c2cc(N(c3ccccc3)c3ccccc3)cc(N(c3cccc(Oc4cccc(-n5ccnc5)c4)c3)c3ccccn3)c2)cc1. The van der Waals surface area contributed by atoms with E-state index in [1.54, 1.807) is 12.5 Å². The van der Waals surface area contributed by atoms with Crippen molar-refractivity contribution in [3.63, 3.8) is 0 Å². The van der Waals surface area contributed by atoms with Crippen LogP contribution in [0.2, 0.25) is 0 Å². The number of hydrogen-bond donors (Lipinski definition) is 0. The van der Waals surface area contributed by atoms with Crippen LogP contribution in [0.3, 0.4) is 0 Å². The fourth-order valence-corrected chi connectivity index (χ4v) is 7.01. The van der Waals surface area contributed by atoms with Crippen LogP contribution in [0, 0.1) is 0 Å². The van der Waals surface area contributed by atoms with E-state index in [1.165, 1.54) is 0 Å². The summed E-state index contributed by atoms with van der Waals surface area (Å²) in [5.74, 6) is 2.17. The lowest BCUT2D eigenvalue weighted by Crippen LogP contribution is -2.16. The van der Waals surface area contributed by atoms with Crippen molar-refractivity contribution in [1.29, 1.82) is 0 Å².